The smallest absolute Gasteiger partial charge is 0.260 e. The molecule has 1 atom stereocenters. The lowest BCUT2D eigenvalue weighted by Gasteiger charge is -2.25. The van der Waals surface area contributed by atoms with Crippen molar-refractivity contribution in [1.29, 1.82) is 0 Å². The average molecular weight is 243 g/mol. The molecule has 1 fully saturated rings. The summed E-state index contributed by atoms with van der Waals surface area (Å²) >= 11 is 0. The van der Waals surface area contributed by atoms with Gasteiger partial charge in [0.15, 0.2) is 5.03 Å². The van der Waals surface area contributed by atoms with Crippen LogP contribution in [0.5, 0.6) is 0 Å². The first-order chi connectivity index (χ1) is 7.62. The predicted octanol–water partition coefficient (Wildman–Crippen LogP) is 1.36. The van der Waals surface area contributed by atoms with Crippen LogP contribution in [0.2, 0.25) is 0 Å². The molecule has 1 aromatic rings. The standard InChI is InChI=1S/C10H17N3O2S/c1-9-5-3-2-4-6-13(9)16(14,15)10-7-11-8-12-10/h7-9H,2-6H2,1H3,(H,11,12). The van der Waals surface area contributed by atoms with Gasteiger partial charge in [0, 0.05) is 12.6 Å². The summed E-state index contributed by atoms with van der Waals surface area (Å²) < 4.78 is 26.1. The first-order valence-corrected chi connectivity index (χ1v) is 7.06. The lowest BCUT2D eigenvalue weighted by atomic mass is 10.1. The summed E-state index contributed by atoms with van der Waals surface area (Å²) in [5, 5.41) is 0.196. The van der Waals surface area contributed by atoms with Crippen molar-refractivity contribution < 1.29 is 8.42 Å². The van der Waals surface area contributed by atoms with Crippen LogP contribution in [0, 0.1) is 0 Å². The average Bonchev–Trinajstić information content (AvgIpc) is 2.69. The summed E-state index contributed by atoms with van der Waals surface area (Å²) in [6, 6.07) is 0.0794. The zero-order valence-electron chi connectivity index (χ0n) is 9.39. The Morgan fingerprint density at radius 2 is 2.25 bits per heavy atom. The van der Waals surface area contributed by atoms with Crippen molar-refractivity contribution in [2.24, 2.45) is 0 Å². The monoisotopic (exact) mass is 243 g/mol. The fourth-order valence-electron chi connectivity index (χ4n) is 2.12. The number of aromatic amines is 1. The SMILES string of the molecule is CC1CCCCCN1S(=O)(=O)c1cnc[nH]1. The summed E-state index contributed by atoms with van der Waals surface area (Å²) in [7, 11) is -3.38. The molecule has 0 saturated carbocycles. The van der Waals surface area contributed by atoms with Crippen molar-refractivity contribution in [2.75, 3.05) is 6.54 Å². The van der Waals surface area contributed by atoms with Crippen LogP contribution in [0.15, 0.2) is 17.6 Å². The summed E-state index contributed by atoms with van der Waals surface area (Å²) in [6.45, 7) is 2.59. The first kappa shape index (κ1) is 11.6. The van der Waals surface area contributed by atoms with Crippen LogP contribution in [-0.2, 0) is 10.0 Å². The van der Waals surface area contributed by atoms with Gasteiger partial charge < -0.3 is 4.98 Å². The molecule has 6 heteroatoms. The molecule has 1 N–H and O–H groups in total. The van der Waals surface area contributed by atoms with E-state index in [-0.39, 0.29) is 11.1 Å². The highest BCUT2D eigenvalue weighted by molar-refractivity contribution is 7.89. The molecule has 0 aliphatic carbocycles. The molecule has 5 nitrogen and oxygen atoms in total. The molecule has 0 radical (unpaired) electrons. The van der Waals surface area contributed by atoms with Gasteiger partial charge in [0.25, 0.3) is 10.0 Å². The Morgan fingerprint density at radius 3 is 2.94 bits per heavy atom. The third-order valence-corrected chi connectivity index (χ3v) is 4.99. The van der Waals surface area contributed by atoms with Crippen LogP contribution in [0.1, 0.15) is 32.6 Å². The molecule has 0 amide bonds. The summed E-state index contributed by atoms with van der Waals surface area (Å²) in [6.07, 6.45) is 6.86. The quantitative estimate of drug-likeness (QED) is 0.853. The summed E-state index contributed by atoms with van der Waals surface area (Å²) in [4.78, 5) is 6.45. The van der Waals surface area contributed by atoms with Crippen LogP contribution >= 0.6 is 0 Å². The first-order valence-electron chi connectivity index (χ1n) is 5.62. The second kappa shape index (κ2) is 4.55. The summed E-state index contributed by atoms with van der Waals surface area (Å²) in [5.41, 5.74) is 0. The van der Waals surface area contributed by atoms with Gasteiger partial charge >= 0.3 is 0 Å². The van der Waals surface area contributed by atoms with Crippen molar-refractivity contribution >= 4 is 10.0 Å². The third kappa shape index (κ3) is 2.12. The van der Waals surface area contributed by atoms with Crippen molar-refractivity contribution in [2.45, 2.75) is 43.7 Å². The minimum Gasteiger partial charge on any atom is -0.335 e. The number of hydrogen-bond donors (Lipinski definition) is 1. The van der Waals surface area contributed by atoms with Gasteiger partial charge in [-0.15, -0.1) is 0 Å². The molecule has 1 aliphatic heterocycles. The van der Waals surface area contributed by atoms with Crippen LogP contribution in [0.3, 0.4) is 0 Å². The van der Waals surface area contributed by atoms with Crippen LogP contribution in [-0.4, -0.2) is 35.3 Å². The topological polar surface area (TPSA) is 66.1 Å². The molecule has 0 aromatic carbocycles. The van der Waals surface area contributed by atoms with Crippen molar-refractivity contribution in [3.05, 3.63) is 12.5 Å². The van der Waals surface area contributed by atoms with Crippen LogP contribution in [0.4, 0.5) is 0 Å². The Hall–Kier alpha value is -0.880. The fourth-order valence-corrected chi connectivity index (χ4v) is 3.71. The van der Waals surface area contributed by atoms with Crippen molar-refractivity contribution in [1.82, 2.24) is 14.3 Å². The maximum Gasteiger partial charge on any atom is 0.260 e. The number of hydrogen-bond acceptors (Lipinski definition) is 3. The number of nitrogens with one attached hydrogen (secondary N) is 1. The molecule has 0 bridgehead atoms. The number of nitrogens with zero attached hydrogens (tertiary/aromatic N) is 2. The highest BCUT2D eigenvalue weighted by atomic mass is 32.2. The van der Waals surface area contributed by atoms with Gasteiger partial charge in [0.2, 0.25) is 0 Å². The van der Waals surface area contributed by atoms with Crippen molar-refractivity contribution in [3.63, 3.8) is 0 Å². The molecule has 1 aromatic heterocycles. The maximum atomic E-state index is 12.3. The highest BCUT2D eigenvalue weighted by Crippen LogP contribution is 2.22. The highest BCUT2D eigenvalue weighted by Gasteiger charge is 2.30. The molecule has 90 valence electrons. The van der Waals surface area contributed by atoms with E-state index in [0.717, 1.165) is 25.7 Å². The Bertz CT molecular complexity index is 427. The van der Waals surface area contributed by atoms with E-state index in [9.17, 15) is 8.42 Å². The van der Waals surface area contributed by atoms with Gasteiger partial charge in [-0.2, -0.15) is 4.31 Å². The van der Waals surface area contributed by atoms with E-state index in [1.165, 1.54) is 12.5 Å². The molecule has 0 spiro atoms. The molecule has 2 heterocycles. The zero-order valence-corrected chi connectivity index (χ0v) is 10.2. The van der Waals surface area contributed by atoms with E-state index < -0.39 is 10.0 Å². The molecule has 1 aliphatic rings. The number of sulfonamides is 1. The third-order valence-electron chi connectivity index (χ3n) is 3.05. The lowest BCUT2D eigenvalue weighted by Crippen LogP contribution is -2.38. The second-order valence-electron chi connectivity index (χ2n) is 4.23. The molecule has 2 rings (SSSR count). The van der Waals surface area contributed by atoms with E-state index in [0.29, 0.717) is 6.54 Å². The Kier molecular flexibility index (Phi) is 3.30. The van der Waals surface area contributed by atoms with Crippen molar-refractivity contribution in [3.8, 4) is 0 Å². The lowest BCUT2D eigenvalue weighted by molar-refractivity contribution is 0.341. The minimum absolute atomic E-state index is 0.0794. The maximum absolute atomic E-state index is 12.3. The second-order valence-corrected chi connectivity index (χ2v) is 6.09. The largest absolute Gasteiger partial charge is 0.335 e. The van der Waals surface area contributed by atoms with E-state index in [1.54, 1.807) is 4.31 Å². The number of H-pyrrole nitrogens is 1. The zero-order chi connectivity index (χ0) is 11.6. The number of rotatable bonds is 2. The molecular weight excluding hydrogens is 226 g/mol. The molecule has 1 saturated heterocycles. The van der Waals surface area contributed by atoms with Gasteiger partial charge in [-0.3, -0.25) is 0 Å². The molecular formula is C10H17N3O2S. The molecule has 1 unspecified atom stereocenters. The van der Waals surface area contributed by atoms with Gasteiger partial charge in [0.05, 0.1) is 12.5 Å². The van der Waals surface area contributed by atoms with E-state index in [2.05, 4.69) is 9.97 Å². The van der Waals surface area contributed by atoms with E-state index in [4.69, 9.17) is 0 Å². The van der Waals surface area contributed by atoms with Crippen LogP contribution < -0.4 is 0 Å². The predicted molar refractivity (Wildman–Crippen MR) is 60.4 cm³/mol. The van der Waals surface area contributed by atoms with E-state index >= 15 is 0 Å². The normalized spacial score (nSPS) is 24.2. The molecule has 16 heavy (non-hydrogen) atoms. The summed E-state index contributed by atoms with van der Waals surface area (Å²) in [5.74, 6) is 0. The number of aromatic nitrogens is 2. The number of imidazole rings is 1. The Morgan fingerprint density at radius 1 is 1.44 bits per heavy atom. The minimum atomic E-state index is -3.38. The Labute approximate surface area is 95.9 Å². The Balaban J connectivity index is 2.28. The van der Waals surface area contributed by atoms with Gasteiger partial charge in [-0.1, -0.05) is 12.8 Å². The van der Waals surface area contributed by atoms with Gasteiger partial charge in [-0.25, -0.2) is 13.4 Å². The van der Waals surface area contributed by atoms with Gasteiger partial charge in [-0.05, 0) is 19.8 Å². The van der Waals surface area contributed by atoms with E-state index in [1.807, 2.05) is 6.92 Å². The fraction of sp³-hybridized carbons (Fsp3) is 0.700. The van der Waals surface area contributed by atoms with Gasteiger partial charge in [0.1, 0.15) is 0 Å². The van der Waals surface area contributed by atoms with Crippen LogP contribution in [0.25, 0.3) is 0 Å².